The third-order valence-electron chi connectivity index (χ3n) is 4.26. The predicted octanol–water partition coefficient (Wildman–Crippen LogP) is 4.12. The van der Waals surface area contributed by atoms with Crippen LogP contribution in [0.2, 0.25) is 0 Å². The number of methoxy groups -OCH3 is 2. The number of ether oxygens (including phenoxy) is 2. The summed E-state index contributed by atoms with van der Waals surface area (Å²) in [5.41, 5.74) is 1.40. The lowest BCUT2D eigenvalue weighted by atomic mass is 10.2. The van der Waals surface area contributed by atoms with Crippen molar-refractivity contribution in [3.05, 3.63) is 72.2 Å². The molecule has 29 heavy (non-hydrogen) atoms. The van der Waals surface area contributed by atoms with Crippen molar-refractivity contribution in [3.63, 3.8) is 0 Å². The van der Waals surface area contributed by atoms with E-state index >= 15 is 0 Å². The summed E-state index contributed by atoms with van der Waals surface area (Å²) in [6, 6.07) is 15.7. The van der Waals surface area contributed by atoms with Gasteiger partial charge in [-0.1, -0.05) is 18.2 Å². The molecule has 0 spiro atoms. The first kappa shape index (κ1) is 20.0. The highest BCUT2D eigenvalue weighted by atomic mass is 16.5. The maximum absolute atomic E-state index is 12.5. The summed E-state index contributed by atoms with van der Waals surface area (Å²) in [7, 11) is 2.98. The van der Waals surface area contributed by atoms with Crippen molar-refractivity contribution in [3.8, 4) is 11.5 Å². The summed E-state index contributed by atoms with van der Waals surface area (Å²) in [6.45, 7) is 0. The van der Waals surface area contributed by atoms with Crippen LogP contribution in [0.25, 0.3) is 0 Å². The molecule has 0 aliphatic rings. The van der Waals surface area contributed by atoms with Crippen LogP contribution in [-0.4, -0.2) is 26.0 Å². The SMILES string of the molecule is COc1cc(NC(=O)c2ccccc2)c(OC)cc1NC(=O)CCc1ccco1. The molecule has 0 aliphatic heterocycles. The lowest BCUT2D eigenvalue weighted by Crippen LogP contribution is -2.15. The summed E-state index contributed by atoms with van der Waals surface area (Å²) in [5, 5.41) is 5.62. The second-order valence-electron chi connectivity index (χ2n) is 6.20. The van der Waals surface area contributed by atoms with Gasteiger partial charge in [0.05, 0.1) is 31.9 Å². The van der Waals surface area contributed by atoms with Gasteiger partial charge in [-0.15, -0.1) is 0 Å². The van der Waals surface area contributed by atoms with Gasteiger partial charge in [0.25, 0.3) is 5.91 Å². The molecule has 2 N–H and O–H groups in total. The van der Waals surface area contributed by atoms with Gasteiger partial charge in [0.1, 0.15) is 17.3 Å². The zero-order valence-corrected chi connectivity index (χ0v) is 16.2. The Morgan fingerprint density at radius 1 is 0.897 bits per heavy atom. The van der Waals surface area contributed by atoms with Crippen LogP contribution in [0.1, 0.15) is 22.5 Å². The van der Waals surface area contributed by atoms with Crippen LogP contribution in [0.15, 0.2) is 65.3 Å². The molecular formula is C22H22N2O5. The molecule has 150 valence electrons. The number of hydrogen-bond donors (Lipinski definition) is 2. The predicted molar refractivity (Wildman–Crippen MR) is 110 cm³/mol. The Morgan fingerprint density at radius 2 is 1.55 bits per heavy atom. The summed E-state index contributed by atoms with van der Waals surface area (Å²) < 4.78 is 16.0. The molecular weight excluding hydrogens is 372 g/mol. The first-order valence-electron chi connectivity index (χ1n) is 9.05. The van der Waals surface area contributed by atoms with Gasteiger partial charge in [-0.2, -0.15) is 0 Å². The molecule has 0 saturated heterocycles. The molecule has 0 saturated carbocycles. The molecule has 0 aliphatic carbocycles. The number of furan rings is 1. The van der Waals surface area contributed by atoms with E-state index in [1.54, 1.807) is 48.7 Å². The van der Waals surface area contributed by atoms with E-state index in [0.717, 1.165) is 5.76 Å². The fourth-order valence-electron chi connectivity index (χ4n) is 2.78. The highest BCUT2D eigenvalue weighted by molar-refractivity contribution is 6.05. The normalized spacial score (nSPS) is 10.3. The van der Waals surface area contributed by atoms with Crippen molar-refractivity contribution >= 4 is 23.2 Å². The minimum atomic E-state index is -0.277. The molecule has 1 heterocycles. The Balaban J connectivity index is 1.75. The Hall–Kier alpha value is -3.74. The average Bonchev–Trinajstić information content (AvgIpc) is 3.27. The van der Waals surface area contributed by atoms with Gasteiger partial charge >= 0.3 is 0 Å². The molecule has 0 unspecified atom stereocenters. The van der Waals surface area contributed by atoms with E-state index in [9.17, 15) is 9.59 Å². The number of aryl methyl sites for hydroxylation is 1. The third kappa shape index (κ3) is 5.16. The Kier molecular flexibility index (Phi) is 6.52. The fourth-order valence-corrected chi connectivity index (χ4v) is 2.78. The van der Waals surface area contributed by atoms with E-state index in [0.29, 0.717) is 34.9 Å². The Morgan fingerprint density at radius 3 is 2.14 bits per heavy atom. The van der Waals surface area contributed by atoms with Crippen LogP contribution < -0.4 is 20.1 Å². The summed E-state index contributed by atoms with van der Waals surface area (Å²) in [5.74, 6) is 1.07. The zero-order chi connectivity index (χ0) is 20.6. The topological polar surface area (TPSA) is 89.8 Å². The van der Waals surface area contributed by atoms with Crippen LogP contribution in [0.5, 0.6) is 11.5 Å². The number of carbonyl (C=O) groups is 2. The van der Waals surface area contributed by atoms with Gasteiger partial charge in [0.2, 0.25) is 5.91 Å². The number of amides is 2. The van der Waals surface area contributed by atoms with Crippen molar-refractivity contribution in [1.29, 1.82) is 0 Å². The molecule has 1 aromatic heterocycles. The number of carbonyl (C=O) groups excluding carboxylic acids is 2. The summed E-state index contributed by atoms with van der Waals surface area (Å²) >= 11 is 0. The molecule has 7 heteroatoms. The smallest absolute Gasteiger partial charge is 0.255 e. The average molecular weight is 394 g/mol. The van der Waals surface area contributed by atoms with Crippen LogP contribution in [0.3, 0.4) is 0 Å². The number of hydrogen-bond acceptors (Lipinski definition) is 5. The molecule has 0 bridgehead atoms. The lowest BCUT2D eigenvalue weighted by Gasteiger charge is -2.16. The number of anilines is 2. The largest absolute Gasteiger partial charge is 0.494 e. The van der Waals surface area contributed by atoms with E-state index in [1.807, 2.05) is 12.1 Å². The van der Waals surface area contributed by atoms with Gasteiger partial charge in [0.15, 0.2) is 0 Å². The van der Waals surface area contributed by atoms with Crippen molar-refractivity contribution in [2.75, 3.05) is 24.9 Å². The van der Waals surface area contributed by atoms with Crippen LogP contribution in [-0.2, 0) is 11.2 Å². The van der Waals surface area contributed by atoms with Gasteiger partial charge in [-0.3, -0.25) is 9.59 Å². The molecule has 0 radical (unpaired) electrons. The fraction of sp³-hybridized carbons (Fsp3) is 0.182. The first-order chi connectivity index (χ1) is 14.1. The van der Waals surface area contributed by atoms with Crippen molar-refractivity contribution in [2.24, 2.45) is 0 Å². The molecule has 2 aromatic carbocycles. The highest BCUT2D eigenvalue weighted by Gasteiger charge is 2.16. The highest BCUT2D eigenvalue weighted by Crippen LogP contribution is 2.36. The maximum atomic E-state index is 12.5. The second-order valence-corrected chi connectivity index (χ2v) is 6.20. The second kappa shape index (κ2) is 9.45. The van der Waals surface area contributed by atoms with Crippen LogP contribution in [0.4, 0.5) is 11.4 Å². The standard InChI is InChI=1S/C22H22N2O5/c1-27-19-14-18(24-22(26)15-7-4-3-5-8-15)20(28-2)13-17(19)23-21(25)11-10-16-9-6-12-29-16/h3-9,12-14H,10-11H2,1-2H3,(H,23,25)(H,24,26). The maximum Gasteiger partial charge on any atom is 0.255 e. The molecule has 0 fully saturated rings. The van der Waals surface area contributed by atoms with E-state index in [1.165, 1.54) is 14.2 Å². The van der Waals surface area contributed by atoms with E-state index < -0.39 is 0 Å². The summed E-state index contributed by atoms with van der Waals surface area (Å²) in [6.07, 6.45) is 2.32. The van der Waals surface area contributed by atoms with Crippen molar-refractivity contribution in [1.82, 2.24) is 0 Å². The first-order valence-corrected chi connectivity index (χ1v) is 9.05. The molecule has 3 aromatic rings. The monoisotopic (exact) mass is 394 g/mol. The summed E-state index contributed by atoms with van der Waals surface area (Å²) in [4.78, 5) is 24.8. The van der Waals surface area contributed by atoms with E-state index in [-0.39, 0.29) is 18.2 Å². The van der Waals surface area contributed by atoms with Gasteiger partial charge in [0, 0.05) is 30.5 Å². The Labute approximate surface area is 168 Å². The number of benzene rings is 2. The molecule has 2 amide bonds. The van der Waals surface area contributed by atoms with Gasteiger partial charge in [-0.25, -0.2) is 0 Å². The van der Waals surface area contributed by atoms with Crippen molar-refractivity contribution in [2.45, 2.75) is 12.8 Å². The minimum absolute atomic E-state index is 0.192. The number of nitrogens with one attached hydrogen (secondary N) is 2. The van der Waals surface area contributed by atoms with Gasteiger partial charge < -0.3 is 24.5 Å². The van der Waals surface area contributed by atoms with Crippen LogP contribution >= 0.6 is 0 Å². The quantitative estimate of drug-likeness (QED) is 0.600. The zero-order valence-electron chi connectivity index (χ0n) is 16.2. The lowest BCUT2D eigenvalue weighted by molar-refractivity contribution is -0.116. The van der Waals surface area contributed by atoms with Crippen molar-refractivity contribution < 1.29 is 23.5 Å². The minimum Gasteiger partial charge on any atom is -0.494 e. The van der Waals surface area contributed by atoms with E-state index in [2.05, 4.69) is 10.6 Å². The van der Waals surface area contributed by atoms with Crippen LogP contribution in [0, 0.1) is 0 Å². The molecule has 7 nitrogen and oxygen atoms in total. The molecule has 3 rings (SSSR count). The number of rotatable bonds is 8. The third-order valence-corrected chi connectivity index (χ3v) is 4.26. The van der Waals surface area contributed by atoms with E-state index in [4.69, 9.17) is 13.9 Å². The Bertz CT molecular complexity index is 968. The van der Waals surface area contributed by atoms with Gasteiger partial charge in [-0.05, 0) is 24.3 Å². The molecule has 0 atom stereocenters.